The molecular formula is C36H24F10O. The van der Waals surface area contributed by atoms with Crippen molar-refractivity contribution in [3.05, 3.63) is 137 Å². The van der Waals surface area contributed by atoms with E-state index in [1.807, 2.05) is 6.92 Å². The molecule has 0 aliphatic rings. The van der Waals surface area contributed by atoms with E-state index in [-0.39, 0.29) is 22.3 Å². The molecule has 0 spiro atoms. The molecule has 0 N–H and O–H groups in total. The van der Waals surface area contributed by atoms with Crippen LogP contribution in [0.3, 0.4) is 0 Å². The molecule has 11 heteroatoms. The van der Waals surface area contributed by atoms with E-state index in [1.54, 1.807) is 0 Å². The second-order valence-electron chi connectivity index (χ2n) is 10.8. The highest BCUT2D eigenvalue weighted by molar-refractivity contribution is 5.75. The fourth-order valence-corrected chi connectivity index (χ4v) is 5.15. The highest BCUT2D eigenvalue weighted by Crippen LogP contribution is 2.38. The average Bonchev–Trinajstić information content (AvgIpc) is 2.99. The minimum absolute atomic E-state index is 0.0680. The molecular weight excluding hydrogens is 638 g/mol. The molecule has 0 aromatic heterocycles. The van der Waals surface area contributed by atoms with Crippen molar-refractivity contribution in [3.63, 3.8) is 0 Å². The maximum atomic E-state index is 15.2. The zero-order valence-corrected chi connectivity index (χ0v) is 24.5. The molecule has 1 nitrogen and oxygen atoms in total. The van der Waals surface area contributed by atoms with Gasteiger partial charge in [0.15, 0.2) is 17.5 Å². The Kier molecular flexibility index (Phi) is 9.65. The molecule has 5 aromatic carbocycles. The van der Waals surface area contributed by atoms with E-state index < -0.39 is 75.1 Å². The van der Waals surface area contributed by atoms with Gasteiger partial charge in [-0.1, -0.05) is 38.0 Å². The standard InChI is InChI=1S/C36H24F10O/c1-2-3-4-5-19-6-11-26(29(39)12-19)36(45,46)47-23-8-10-24(28(38)18-23)20-7-9-25(27(37)13-20)21-14-30(40)34(31(41)15-21)22-16-32(42)35(44)33(43)17-22/h6-18H,2-5H2,1H3. The van der Waals surface area contributed by atoms with Gasteiger partial charge in [-0.2, -0.15) is 8.78 Å². The minimum atomic E-state index is -4.15. The van der Waals surface area contributed by atoms with Crippen molar-refractivity contribution in [2.24, 2.45) is 0 Å². The Morgan fingerprint density at radius 2 is 1.11 bits per heavy atom. The Hall–Kier alpha value is -4.80. The van der Waals surface area contributed by atoms with E-state index in [0.717, 1.165) is 55.7 Å². The third kappa shape index (κ3) is 7.13. The summed E-state index contributed by atoms with van der Waals surface area (Å²) in [7, 11) is 0. The van der Waals surface area contributed by atoms with Gasteiger partial charge >= 0.3 is 6.11 Å². The predicted molar refractivity (Wildman–Crippen MR) is 157 cm³/mol. The van der Waals surface area contributed by atoms with Crippen molar-refractivity contribution in [1.82, 2.24) is 0 Å². The van der Waals surface area contributed by atoms with Gasteiger partial charge in [0.05, 0.1) is 11.1 Å². The van der Waals surface area contributed by atoms with Crippen molar-refractivity contribution >= 4 is 0 Å². The Morgan fingerprint density at radius 3 is 1.70 bits per heavy atom. The Labute approximate surface area is 263 Å². The summed E-state index contributed by atoms with van der Waals surface area (Å²) in [5.74, 6) is -11.7. The Bertz CT molecular complexity index is 1910. The predicted octanol–water partition coefficient (Wildman–Crippen LogP) is 11.7. The first kappa shape index (κ1) is 33.6. The molecule has 0 unspecified atom stereocenters. The molecule has 0 saturated heterocycles. The van der Waals surface area contributed by atoms with Crippen molar-refractivity contribution in [3.8, 4) is 39.1 Å². The highest BCUT2D eigenvalue weighted by Gasteiger charge is 2.38. The second kappa shape index (κ2) is 13.5. The molecule has 0 saturated carbocycles. The van der Waals surface area contributed by atoms with Crippen LogP contribution in [0, 0.1) is 46.5 Å². The lowest BCUT2D eigenvalue weighted by molar-refractivity contribution is -0.187. The van der Waals surface area contributed by atoms with Gasteiger partial charge in [-0.25, -0.2) is 35.1 Å². The SMILES string of the molecule is CCCCCc1ccc(C(F)(F)Oc2ccc(-c3ccc(-c4cc(F)c(-c5cc(F)c(F)c(F)c5)c(F)c4)c(F)c3)c(F)c2)c(F)c1. The Morgan fingerprint density at radius 1 is 0.532 bits per heavy atom. The van der Waals surface area contributed by atoms with Crippen LogP contribution in [0.15, 0.2) is 78.9 Å². The van der Waals surface area contributed by atoms with Crippen LogP contribution in [0.5, 0.6) is 5.75 Å². The van der Waals surface area contributed by atoms with Gasteiger partial charge < -0.3 is 4.74 Å². The maximum Gasteiger partial charge on any atom is 0.429 e. The fourth-order valence-electron chi connectivity index (χ4n) is 5.15. The van der Waals surface area contributed by atoms with Crippen LogP contribution in [0.25, 0.3) is 33.4 Å². The lowest BCUT2D eigenvalue weighted by Crippen LogP contribution is -2.23. The molecule has 0 bridgehead atoms. The summed E-state index contributed by atoms with van der Waals surface area (Å²) in [6.07, 6.45) is -1.00. The van der Waals surface area contributed by atoms with Crippen molar-refractivity contribution in [1.29, 1.82) is 0 Å². The smallest absolute Gasteiger partial charge is 0.429 e. The van der Waals surface area contributed by atoms with Gasteiger partial charge in [-0.15, -0.1) is 0 Å². The monoisotopic (exact) mass is 662 g/mol. The molecule has 5 rings (SSSR count). The summed E-state index contributed by atoms with van der Waals surface area (Å²) in [5.41, 5.74) is -2.92. The van der Waals surface area contributed by atoms with Crippen molar-refractivity contribution < 1.29 is 48.6 Å². The van der Waals surface area contributed by atoms with Crippen molar-refractivity contribution in [2.75, 3.05) is 0 Å². The lowest BCUT2D eigenvalue weighted by atomic mass is 9.96. The molecule has 0 heterocycles. The summed E-state index contributed by atoms with van der Waals surface area (Å²) < 4.78 is 149. The number of unbranched alkanes of at least 4 members (excludes halogenated alkanes) is 2. The van der Waals surface area contributed by atoms with Gasteiger partial charge in [0.1, 0.15) is 34.8 Å². The summed E-state index contributed by atoms with van der Waals surface area (Å²) >= 11 is 0. The van der Waals surface area contributed by atoms with Crippen LogP contribution in [0.4, 0.5) is 43.9 Å². The molecule has 5 aromatic rings. The van der Waals surface area contributed by atoms with Gasteiger partial charge in [0.25, 0.3) is 0 Å². The van der Waals surface area contributed by atoms with Crippen LogP contribution in [-0.4, -0.2) is 0 Å². The third-order valence-electron chi connectivity index (χ3n) is 7.51. The molecule has 0 aliphatic carbocycles. The first-order valence-electron chi connectivity index (χ1n) is 14.4. The maximum absolute atomic E-state index is 15.2. The number of halogens is 10. The number of benzene rings is 5. The zero-order chi connectivity index (χ0) is 34.0. The molecule has 0 fully saturated rings. The van der Waals surface area contributed by atoms with E-state index in [4.69, 9.17) is 0 Å². The van der Waals surface area contributed by atoms with Crippen molar-refractivity contribution in [2.45, 2.75) is 38.7 Å². The Balaban J connectivity index is 1.36. The highest BCUT2D eigenvalue weighted by atomic mass is 19.3. The van der Waals surface area contributed by atoms with E-state index in [9.17, 15) is 35.1 Å². The number of aryl methyl sites for hydroxylation is 1. The fraction of sp³-hybridized carbons (Fsp3) is 0.167. The second-order valence-corrected chi connectivity index (χ2v) is 10.8. The van der Waals surface area contributed by atoms with Crippen LogP contribution < -0.4 is 4.74 Å². The first-order chi connectivity index (χ1) is 22.3. The summed E-state index contributed by atoms with van der Waals surface area (Å²) in [6.45, 7) is 2.00. The molecule has 244 valence electrons. The number of hydrogen-bond acceptors (Lipinski definition) is 1. The van der Waals surface area contributed by atoms with E-state index in [2.05, 4.69) is 4.74 Å². The van der Waals surface area contributed by atoms with E-state index in [0.29, 0.717) is 42.3 Å². The van der Waals surface area contributed by atoms with E-state index in [1.165, 1.54) is 12.1 Å². The minimum Gasteiger partial charge on any atom is -0.429 e. The van der Waals surface area contributed by atoms with Crippen LogP contribution in [0.1, 0.15) is 37.3 Å². The molecule has 0 aliphatic heterocycles. The number of hydrogen-bond donors (Lipinski definition) is 0. The van der Waals surface area contributed by atoms with Gasteiger partial charge in [-0.05, 0) is 89.7 Å². The van der Waals surface area contributed by atoms with Gasteiger partial charge in [-0.3, -0.25) is 0 Å². The van der Waals surface area contributed by atoms with Gasteiger partial charge in [0.2, 0.25) is 0 Å². The largest absolute Gasteiger partial charge is 0.429 e. The van der Waals surface area contributed by atoms with Crippen LogP contribution in [0.2, 0.25) is 0 Å². The summed E-state index contributed by atoms with van der Waals surface area (Å²) in [6, 6.07) is 11.3. The molecule has 0 amide bonds. The first-order valence-corrected chi connectivity index (χ1v) is 14.4. The normalized spacial score (nSPS) is 11.6. The number of alkyl halides is 2. The molecule has 47 heavy (non-hydrogen) atoms. The zero-order valence-electron chi connectivity index (χ0n) is 24.5. The topological polar surface area (TPSA) is 9.23 Å². The van der Waals surface area contributed by atoms with Crippen LogP contribution in [-0.2, 0) is 12.5 Å². The molecule has 0 radical (unpaired) electrons. The van der Waals surface area contributed by atoms with Crippen LogP contribution >= 0.6 is 0 Å². The van der Waals surface area contributed by atoms with Gasteiger partial charge in [0, 0.05) is 17.2 Å². The average molecular weight is 663 g/mol. The number of rotatable bonds is 10. The van der Waals surface area contributed by atoms with E-state index >= 15 is 8.78 Å². The molecule has 0 atom stereocenters. The number of ether oxygens (including phenoxy) is 1. The third-order valence-corrected chi connectivity index (χ3v) is 7.51. The summed E-state index contributed by atoms with van der Waals surface area (Å²) in [4.78, 5) is 0. The lowest BCUT2D eigenvalue weighted by Gasteiger charge is -2.20. The summed E-state index contributed by atoms with van der Waals surface area (Å²) in [5, 5.41) is 0. The quantitative estimate of drug-likeness (QED) is 0.0822.